The van der Waals surface area contributed by atoms with Crippen molar-refractivity contribution >= 4 is 5.97 Å². The van der Waals surface area contributed by atoms with Crippen LogP contribution in [0.5, 0.6) is 0 Å². The number of esters is 1. The van der Waals surface area contributed by atoms with E-state index >= 15 is 0 Å². The number of carbonyl (C=O) groups is 1. The highest BCUT2D eigenvalue weighted by Gasteiger charge is 2.22. The summed E-state index contributed by atoms with van der Waals surface area (Å²) in [4.78, 5) is 15.2. The van der Waals surface area contributed by atoms with Gasteiger partial charge in [0.1, 0.15) is 0 Å². The van der Waals surface area contributed by atoms with Crippen LogP contribution >= 0.6 is 0 Å². The molecular formula is C10H17N3O2. The van der Waals surface area contributed by atoms with Crippen LogP contribution in [0.25, 0.3) is 0 Å². The third-order valence-electron chi connectivity index (χ3n) is 2.48. The van der Waals surface area contributed by atoms with Gasteiger partial charge in [0, 0.05) is 30.9 Å². The Morgan fingerprint density at radius 3 is 2.80 bits per heavy atom. The van der Waals surface area contributed by atoms with E-state index < -0.39 is 0 Å². The molecule has 1 heterocycles. The molecule has 0 fully saturated rings. The van der Waals surface area contributed by atoms with Gasteiger partial charge >= 0.3 is 5.97 Å². The van der Waals surface area contributed by atoms with E-state index in [0.717, 1.165) is 5.69 Å². The summed E-state index contributed by atoms with van der Waals surface area (Å²) in [5.74, 6) is -0.302. The maximum Gasteiger partial charge on any atom is 0.306 e. The van der Waals surface area contributed by atoms with Crippen molar-refractivity contribution in [3.8, 4) is 0 Å². The van der Waals surface area contributed by atoms with Crippen molar-refractivity contribution in [2.75, 3.05) is 7.11 Å². The second-order valence-electron chi connectivity index (χ2n) is 3.68. The van der Waals surface area contributed by atoms with Crippen molar-refractivity contribution < 1.29 is 9.53 Å². The van der Waals surface area contributed by atoms with Gasteiger partial charge in [0.25, 0.3) is 0 Å². The smallest absolute Gasteiger partial charge is 0.306 e. The number of hydrogen-bond donors (Lipinski definition) is 1. The Kier molecular flexibility index (Phi) is 3.85. The highest BCUT2D eigenvalue weighted by Crippen LogP contribution is 2.22. The standard InChI is InChI=1S/C10H17N3O2/c1-7(11)8(4-10(14)15-3)9-5-12-6-13(9)2/h5-8H,4,11H2,1-3H3. The van der Waals surface area contributed by atoms with E-state index in [-0.39, 0.29) is 24.3 Å². The van der Waals surface area contributed by atoms with Gasteiger partial charge in [-0.1, -0.05) is 0 Å². The Bertz CT molecular complexity index is 333. The fraction of sp³-hybridized carbons (Fsp3) is 0.600. The lowest BCUT2D eigenvalue weighted by molar-refractivity contribution is -0.141. The molecule has 0 aliphatic heterocycles. The molecule has 2 atom stereocenters. The maximum absolute atomic E-state index is 11.2. The third kappa shape index (κ3) is 2.79. The maximum atomic E-state index is 11.2. The van der Waals surface area contributed by atoms with Gasteiger partial charge in [0.15, 0.2) is 0 Å². The van der Waals surface area contributed by atoms with E-state index in [0.29, 0.717) is 0 Å². The zero-order chi connectivity index (χ0) is 11.4. The minimum Gasteiger partial charge on any atom is -0.469 e. The van der Waals surface area contributed by atoms with Crippen molar-refractivity contribution in [3.63, 3.8) is 0 Å². The van der Waals surface area contributed by atoms with Gasteiger partial charge in [-0.15, -0.1) is 0 Å². The molecule has 0 bridgehead atoms. The molecule has 1 rings (SSSR count). The molecule has 1 aromatic rings. The van der Waals surface area contributed by atoms with Gasteiger partial charge in [-0.05, 0) is 6.92 Å². The number of carbonyl (C=O) groups excluding carboxylic acids is 1. The van der Waals surface area contributed by atoms with Crippen LogP contribution in [0.3, 0.4) is 0 Å². The molecule has 0 spiro atoms. The molecule has 0 saturated carbocycles. The van der Waals surface area contributed by atoms with Crippen LogP contribution in [0.4, 0.5) is 0 Å². The molecule has 0 aliphatic rings. The van der Waals surface area contributed by atoms with Crippen molar-refractivity contribution in [2.45, 2.75) is 25.3 Å². The lowest BCUT2D eigenvalue weighted by Crippen LogP contribution is -2.28. The van der Waals surface area contributed by atoms with Gasteiger partial charge in [-0.3, -0.25) is 4.79 Å². The zero-order valence-corrected chi connectivity index (χ0v) is 9.30. The van der Waals surface area contributed by atoms with Crippen LogP contribution in [0.1, 0.15) is 25.0 Å². The minimum absolute atomic E-state index is 0.0510. The average Bonchev–Trinajstić information content (AvgIpc) is 2.60. The van der Waals surface area contributed by atoms with E-state index in [9.17, 15) is 4.79 Å². The van der Waals surface area contributed by atoms with E-state index in [2.05, 4.69) is 9.72 Å². The zero-order valence-electron chi connectivity index (χ0n) is 9.30. The molecule has 2 unspecified atom stereocenters. The number of aryl methyl sites for hydroxylation is 1. The molecule has 0 saturated heterocycles. The fourth-order valence-electron chi connectivity index (χ4n) is 1.55. The number of aromatic nitrogens is 2. The second kappa shape index (κ2) is 4.93. The summed E-state index contributed by atoms with van der Waals surface area (Å²) in [6, 6.07) is -0.112. The molecule has 0 amide bonds. The molecule has 2 N–H and O–H groups in total. The molecule has 1 aromatic heterocycles. The van der Waals surface area contributed by atoms with Crippen molar-refractivity contribution in [3.05, 3.63) is 18.2 Å². The fourth-order valence-corrected chi connectivity index (χ4v) is 1.55. The SMILES string of the molecule is COC(=O)CC(c1cncn1C)C(C)N. The van der Waals surface area contributed by atoms with Crippen LogP contribution in [-0.2, 0) is 16.6 Å². The molecule has 0 radical (unpaired) electrons. The average molecular weight is 211 g/mol. The first kappa shape index (κ1) is 11.7. The van der Waals surface area contributed by atoms with E-state index in [1.165, 1.54) is 7.11 Å². The Balaban J connectivity index is 2.84. The van der Waals surface area contributed by atoms with Crippen molar-refractivity contribution in [1.29, 1.82) is 0 Å². The topological polar surface area (TPSA) is 70.1 Å². The molecule has 5 nitrogen and oxygen atoms in total. The summed E-state index contributed by atoms with van der Waals surface area (Å²) in [6.07, 6.45) is 3.71. The van der Waals surface area contributed by atoms with Crippen molar-refractivity contribution in [1.82, 2.24) is 9.55 Å². The summed E-state index contributed by atoms with van der Waals surface area (Å²) in [6.45, 7) is 1.88. The number of hydrogen-bond acceptors (Lipinski definition) is 4. The molecule has 0 aliphatic carbocycles. The number of ether oxygens (including phenoxy) is 1. The predicted octanol–water partition coefficient (Wildman–Crippen LogP) is 0.414. The van der Waals surface area contributed by atoms with Gasteiger partial charge < -0.3 is 15.0 Å². The number of imidazole rings is 1. The number of methoxy groups -OCH3 is 1. The highest BCUT2D eigenvalue weighted by atomic mass is 16.5. The van der Waals surface area contributed by atoms with Crippen LogP contribution in [0.15, 0.2) is 12.5 Å². The predicted molar refractivity (Wildman–Crippen MR) is 56.2 cm³/mol. The minimum atomic E-state index is -0.251. The van der Waals surface area contributed by atoms with Gasteiger partial charge in [-0.25, -0.2) is 4.98 Å². The highest BCUT2D eigenvalue weighted by molar-refractivity contribution is 5.70. The Labute approximate surface area is 89.2 Å². The largest absolute Gasteiger partial charge is 0.469 e. The van der Waals surface area contributed by atoms with Gasteiger partial charge in [0.2, 0.25) is 0 Å². The summed E-state index contributed by atoms with van der Waals surface area (Å²) in [5.41, 5.74) is 6.80. The van der Waals surface area contributed by atoms with Gasteiger partial charge in [0.05, 0.1) is 19.9 Å². The lowest BCUT2D eigenvalue weighted by Gasteiger charge is -2.19. The first-order chi connectivity index (χ1) is 7.06. The number of nitrogens with two attached hydrogens (primary N) is 1. The van der Waals surface area contributed by atoms with Crippen LogP contribution in [0, 0.1) is 0 Å². The Hall–Kier alpha value is -1.36. The first-order valence-corrected chi connectivity index (χ1v) is 4.85. The summed E-state index contributed by atoms with van der Waals surface area (Å²) in [5, 5.41) is 0. The summed E-state index contributed by atoms with van der Waals surface area (Å²) in [7, 11) is 3.26. The quantitative estimate of drug-likeness (QED) is 0.732. The number of rotatable bonds is 4. The van der Waals surface area contributed by atoms with Crippen LogP contribution in [0.2, 0.25) is 0 Å². The van der Waals surface area contributed by atoms with Crippen LogP contribution < -0.4 is 5.73 Å². The summed E-state index contributed by atoms with van der Waals surface area (Å²) >= 11 is 0. The second-order valence-corrected chi connectivity index (χ2v) is 3.68. The van der Waals surface area contributed by atoms with Crippen LogP contribution in [-0.4, -0.2) is 28.7 Å². The van der Waals surface area contributed by atoms with E-state index in [1.54, 1.807) is 12.5 Å². The molecule has 84 valence electrons. The normalized spacial score (nSPS) is 14.7. The third-order valence-corrected chi connectivity index (χ3v) is 2.48. The molecular weight excluding hydrogens is 194 g/mol. The Morgan fingerprint density at radius 2 is 2.40 bits per heavy atom. The van der Waals surface area contributed by atoms with E-state index in [1.807, 2.05) is 18.5 Å². The molecule has 15 heavy (non-hydrogen) atoms. The van der Waals surface area contributed by atoms with Gasteiger partial charge in [-0.2, -0.15) is 0 Å². The lowest BCUT2D eigenvalue weighted by atomic mass is 9.95. The molecule has 0 aromatic carbocycles. The first-order valence-electron chi connectivity index (χ1n) is 4.85. The Morgan fingerprint density at radius 1 is 1.73 bits per heavy atom. The molecule has 5 heteroatoms. The monoisotopic (exact) mass is 211 g/mol. The number of nitrogens with zero attached hydrogens (tertiary/aromatic N) is 2. The van der Waals surface area contributed by atoms with E-state index in [4.69, 9.17) is 5.73 Å². The van der Waals surface area contributed by atoms with Crippen molar-refractivity contribution in [2.24, 2.45) is 12.8 Å². The summed E-state index contributed by atoms with van der Waals surface area (Å²) < 4.78 is 6.52.